The summed E-state index contributed by atoms with van der Waals surface area (Å²) in [6.45, 7) is 7.18. The van der Waals surface area contributed by atoms with Crippen LogP contribution in [0.25, 0.3) is 0 Å². The first-order chi connectivity index (χ1) is 11.0. The second kappa shape index (κ2) is 9.23. The average molecular weight is 358 g/mol. The molecule has 23 heavy (non-hydrogen) atoms. The number of carbonyl (C=O) groups excluding carboxylic acids is 1. The van der Waals surface area contributed by atoms with E-state index in [-0.39, 0.29) is 11.9 Å². The molecule has 0 aromatic rings. The quantitative estimate of drug-likeness (QED) is 0.586. The molecule has 1 N–H and O–H groups in total. The number of nitrogens with one attached hydrogen (secondary N) is 1. The number of piperazine rings is 1. The van der Waals surface area contributed by atoms with Crippen molar-refractivity contribution in [1.82, 2.24) is 15.1 Å². The molecule has 6 heteroatoms. The Morgan fingerprint density at radius 3 is 2.57 bits per heavy atom. The molecule has 1 aliphatic carbocycles. The summed E-state index contributed by atoms with van der Waals surface area (Å²) in [7, 11) is 0. The molecule has 0 radical (unpaired) electrons. The van der Waals surface area contributed by atoms with Gasteiger partial charge in [0.25, 0.3) is 0 Å². The smallest absolute Gasteiger partial charge is 0.234 e. The van der Waals surface area contributed by atoms with E-state index in [1.54, 1.807) is 0 Å². The Morgan fingerprint density at radius 1 is 1.26 bits per heavy atom. The molecule has 1 unspecified atom stereocenters. The van der Waals surface area contributed by atoms with E-state index in [9.17, 15) is 4.79 Å². The second-order valence-electron chi connectivity index (χ2n) is 7.33. The number of thiocarbonyl (C=S) groups is 1. The van der Waals surface area contributed by atoms with Crippen molar-refractivity contribution in [2.45, 2.75) is 64.5 Å². The Hall–Kier alpha value is -0.330. The van der Waals surface area contributed by atoms with Crippen LogP contribution < -0.4 is 5.32 Å². The summed E-state index contributed by atoms with van der Waals surface area (Å²) in [6.07, 6.45) is 7.99. The molecular weight excluding hydrogens is 326 g/mol. The number of nitrogens with zero attached hydrogens (tertiary/aromatic N) is 2. The molecule has 1 saturated carbocycles. The van der Waals surface area contributed by atoms with Gasteiger partial charge in [-0.3, -0.25) is 9.69 Å². The van der Waals surface area contributed by atoms with Gasteiger partial charge in [0.05, 0.1) is 6.54 Å². The Labute approximate surface area is 151 Å². The first-order valence-electron chi connectivity index (χ1n) is 8.97. The van der Waals surface area contributed by atoms with Crippen LogP contribution in [0.15, 0.2) is 0 Å². The van der Waals surface area contributed by atoms with E-state index < -0.39 is 0 Å². The van der Waals surface area contributed by atoms with Gasteiger partial charge in [-0.15, -0.1) is 12.6 Å². The Bertz CT molecular complexity index is 411. The van der Waals surface area contributed by atoms with Crippen LogP contribution in [0.4, 0.5) is 0 Å². The molecule has 2 fully saturated rings. The van der Waals surface area contributed by atoms with E-state index in [4.69, 9.17) is 12.2 Å². The summed E-state index contributed by atoms with van der Waals surface area (Å²) in [5.41, 5.74) is 0. The third kappa shape index (κ3) is 6.24. The zero-order valence-corrected chi connectivity index (χ0v) is 16.2. The molecule has 0 aromatic carbocycles. The minimum Gasteiger partial charge on any atom is -0.353 e. The summed E-state index contributed by atoms with van der Waals surface area (Å²) < 4.78 is 0.706. The molecule has 0 aromatic heterocycles. The molecule has 1 saturated heterocycles. The lowest BCUT2D eigenvalue weighted by Gasteiger charge is -2.43. The van der Waals surface area contributed by atoms with Crippen LogP contribution in [0, 0.1) is 5.92 Å². The van der Waals surface area contributed by atoms with E-state index in [0.717, 1.165) is 25.6 Å². The minimum atomic E-state index is 0.123. The van der Waals surface area contributed by atoms with Crippen LogP contribution in [0.3, 0.4) is 0 Å². The highest BCUT2D eigenvalue weighted by Gasteiger charge is 2.31. The lowest BCUT2D eigenvalue weighted by molar-refractivity contribution is -0.123. The Balaban J connectivity index is 1.91. The molecule has 1 amide bonds. The van der Waals surface area contributed by atoms with Crippen molar-refractivity contribution >= 4 is 35.1 Å². The maximum atomic E-state index is 12.0. The third-order valence-corrected chi connectivity index (χ3v) is 5.45. The predicted molar refractivity (Wildman–Crippen MR) is 103 cm³/mol. The fraction of sp³-hybridized carbons (Fsp3) is 0.882. The molecule has 0 bridgehead atoms. The van der Waals surface area contributed by atoms with Crippen molar-refractivity contribution in [2.24, 2.45) is 5.92 Å². The van der Waals surface area contributed by atoms with Gasteiger partial charge in [-0.25, -0.2) is 0 Å². The van der Waals surface area contributed by atoms with Gasteiger partial charge in [0.2, 0.25) is 5.91 Å². The highest BCUT2D eigenvalue weighted by molar-refractivity contribution is 8.10. The number of amides is 1. The maximum Gasteiger partial charge on any atom is 0.234 e. The van der Waals surface area contributed by atoms with E-state index in [0.29, 0.717) is 16.9 Å². The van der Waals surface area contributed by atoms with Gasteiger partial charge in [-0.05, 0) is 26.2 Å². The van der Waals surface area contributed by atoms with Gasteiger partial charge in [-0.2, -0.15) is 0 Å². The van der Waals surface area contributed by atoms with Crippen LogP contribution in [-0.2, 0) is 4.79 Å². The molecule has 2 aliphatic rings. The summed E-state index contributed by atoms with van der Waals surface area (Å²) >= 11 is 9.76. The SMILES string of the molecule is CC(C)NC(=O)CN1CCN(C(=S)S)C(CC2CCCCC2)C1. The Morgan fingerprint density at radius 2 is 1.96 bits per heavy atom. The first kappa shape index (κ1) is 19.0. The molecule has 132 valence electrons. The lowest BCUT2D eigenvalue weighted by Crippen LogP contribution is -2.56. The molecule has 2 rings (SSSR count). The van der Waals surface area contributed by atoms with Gasteiger partial charge in [0.1, 0.15) is 4.32 Å². The van der Waals surface area contributed by atoms with Gasteiger partial charge in [0.15, 0.2) is 0 Å². The second-order valence-corrected chi connectivity index (χ2v) is 8.44. The van der Waals surface area contributed by atoms with E-state index in [1.165, 1.54) is 38.5 Å². The van der Waals surface area contributed by atoms with Crippen LogP contribution in [0.5, 0.6) is 0 Å². The fourth-order valence-corrected chi connectivity index (χ4v) is 4.40. The largest absolute Gasteiger partial charge is 0.353 e. The zero-order chi connectivity index (χ0) is 16.8. The zero-order valence-electron chi connectivity index (χ0n) is 14.5. The summed E-state index contributed by atoms with van der Waals surface area (Å²) in [5, 5.41) is 2.99. The minimum absolute atomic E-state index is 0.123. The van der Waals surface area contributed by atoms with E-state index >= 15 is 0 Å². The van der Waals surface area contributed by atoms with E-state index in [1.807, 2.05) is 13.8 Å². The van der Waals surface area contributed by atoms with Gasteiger partial charge in [0, 0.05) is 31.7 Å². The molecule has 1 heterocycles. The fourth-order valence-electron chi connectivity index (χ4n) is 3.90. The van der Waals surface area contributed by atoms with E-state index in [2.05, 4.69) is 27.7 Å². The summed E-state index contributed by atoms with van der Waals surface area (Å²) in [4.78, 5) is 16.6. The standard InChI is InChI=1S/C17H31N3OS2/c1-13(2)18-16(21)12-19-8-9-20(17(22)23)15(11-19)10-14-6-4-3-5-7-14/h13-15H,3-12H2,1-2H3,(H,18,21)(H,22,23). The highest BCUT2D eigenvalue weighted by Crippen LogP contribution is 2.30. The Kier molecular flexibility index (Phi) is 7.63. The molecule has 4 nitrogen and oxygen atoms in total. The van der Waals surface area contributed by atoms with Gasteiger partial charge < -0.3 is 10.2 Å². The van der Waals surface area contributed by atoms with Gasteiger partial charge in [-0.1, -0.05) is 44.3 Å². The van der Waals surface area contributed by atoms with Crippen LogP contribution in [-0.4, -0.2) is 58.3 Å². The molecule has 1 atom stereocenters. The normalized spacial score (nSPS) is 24.0. The molecule has 1 aliphatic heterocycles. The number of hydrogen-bond acceptors (Lipinski definition) is 3. The van der Waals surface area contributed by atoms with Crippen molar-refractivity contribution in [1.29, 1.82) is 0 Å². The number of hydrogen-bond donors (Lipinski definition) is 2. The molecular formula is C17H31N3OS2. The number of thiol groups is 1. The summed E-state index contributed by atoms with van der Waals surface area (Å²) in [5.74, 6) is 0.932. The average Bonchev–Trinajstić information content (AvgIpc) is 2.47. The lowest BCUT2D eigenvalue weighted by atomic mass is 9.84. The van der Waals surface area contributed by atoms with Crippen molar-refractivity contribution in [2.75, 3.05) is 26.2 Å². The van der Waals surface area contributed by atoms with Crippen LogP contribution >= 0.6 is 24.8 Å². The van der Waals surface area contributed by atoms with Crippen molar-refractivity contribution in [3.63, 3.8) is 0 Å². The van der Waals surface area contributed by atoms with Crippen LogP contribution in [0.2, 0.25) is 0 Å². The number of rotatable bonds is 5. The third-order valence-electron chi connectivity index (χ3n) is 4.96. The van der Waals surface area contributed by atoms with Crippen molar-refractivity contribution in [3.8, 4) is 0 Å². The predicted octanol–water partition coefficient (Wildman–Crippen LogP) is 2.68. The topological polar surface area (TPSA) is 35.6 Å². The molecule has 0 spiro atoms. The number of carbonyl (C=O) groups is 1. The monoisotopic (exact) mass is 357 g/mol. The highest BCUT2D eigenvalue weighted by atomic mass is 32.1. The van der Waals surface area contributed by atoms with Crippen LogP contribution in [0.1, 0.15) is 52.4 Å². The van der Waals surface area contributed by atoms with Crippen molar-refractivity contribution < 1.29 is 4.79 Å². The van der Waals surface area contributed by atoms with Crippen molar-refractivity contribution in [3.05, 3.63) is 0 Å². The summed E-state index contributed by atoms with van der Waals surface area (Å²) in [6, 6.07) is 0.607. The van der Waals surface area contributed by atoms with Gasteiger partial charge >= 0.3 is 0 Å². The first-order valence-corrected chi connectivity index (χ1v) is 9.82. The maximum absolute atomic E-state index is 12.0.